The molecular formula is C20H20N4O5. The van der Waals surface area contributed by atoms with E-state index in [0.29, 0.717) is 30.2 Å². The van der Waals surface area contributed by atoms with Crippen molar-refractivity contribution < 1.29 is 19.2 Å². The first-order valence-corrected chi connectivity index (χ1v) is 9.42. The van der Waals surface area contributed by atoms with Crippen LogP contribution in [0.2, 0.25) is 0 Å². The fourth-order valence-electron chi connectivity index (χ4n) is 3.63. The lowest BCUT2D eigenvalue weighted by molar-refractivity contribution is -0.384. The van der Waals surface area contributed by atoms with Crippen LogP contribution in [0, 0.1) is 10.1 Å². The first-order valence-electron chi connectivity index (χ1n) is 9.42. The summed E-state index contributed by atoms with van der Waals surface area (Å²) in [5.74, 6) is -0.434. The van der Waals surface area contributed by atoms with Gasteiger partial charge in [0.2, 0.25) is 0 Å². The zero-order valence-corrected chi connectivity index (χ0v) is 15.7. The molecule has 4 rings (SSSR count). The smallest absolute Gasteiger partial charge is 0.414 e. The van der Waals surface area contributed by atoms with E-state index >= 15 is 0 Å². The van der Waals surface area contributed by atoms with E-state index in [4.69, 9.17) is 4.74 Å². The van der Waals surface area contributed by atoms with Crippen LogP contribution in [-0.2, 0) is 4.74 Å². The summed E-state index contributed by atoms with van der Waals surface area (Å²) in [7, 11) is 0. The normalized spacial score (nSPS) is 16.1. The van der Waals surface area contributed by atoms with Gasteiger partial charge in [0.15, 0.2) is 0 Å². The molecule has 2 fully saturated rings. The van der Waals surface area contributed by atoms with Crippen LogP contribution in [0.15, 0.2) is 42.5 Å². The highest BCUT2D eigenvalue weighted by atomic mass is 16.6. The first kappa shape index (κ1) is 18.7. The average Bonchev–Trinajstić information content (AvgIpc) is 3.39. The van der Waals surface area contributed by atoms with Crippen LogP contribution in [-0.4, -0.2) is 43.2 Å². The van der Waals surface area contributed by atoms with Gasteiger partial charge in [-0.05, 0) is 37.1 Å². The van der Waals surface area contributed by atoms with Crippen LogP contribution in [0.5, 0.6) is 0 Å². The molecule has 0 bridgehead atoms. The number of amides is 2. The molecule has 2 heterocycles. The maximum absolute atomic E-state index is 13.0. The van der Waals surface area contributed by atoms with Gasteiger partial charge in [-0.1, -0.05) is 6.07 Å². The number of cyclic esters (lactones) is 1. The van der Waals surface area contributed by atoms with Gasteiger partial charge in [0, 0.05) is 36.6 Å². The summed E-state index contributed by atoms with van der Waals surface area (Å²) >= 11 is 0. The molecule has 0 aromatic heterocycles. The Labute approximate surface area is 167 Å². The van der Waals surface area contributed by atoms with Gasteiger partial charge in [-0.15, -0.1) is 0 Å². The fourth-order valence-corrected chi connectivity index (χ4v) is 3.63. The number of carbonyl (C=O) groups excluding carboxylic acids is 2. The number of nitrogens with one attached hydrogen (secondary N) is 1. The molecule has 0 unspecified atom stereocenters. The summed E-state index contributed by atoms with van der Waals surface area (Å²) in [6, 6.07) is 11.2. The van der Waals surface area contributed by atoms with E-state index in [0.717, 1.165) is 25.9 Å². The third kappa shape index (κ3) is 3.84. The van der Waals surface area contributed by atoms with Crippen molar-refractivity contribution in [1.82, 2.24) is 0 Å². The molecule has 0 saturated carbocycles. The van der Waals surface area contributed by atoms with E-state index in [1.165, 1.54) is 17.0 Å². The van der Waals surface area contributed by atoms with Crippen LogP contribution in [0.4, 0.5) is 27.5 Å². The highest BCUT2D eigenvalue weighted by molar-refractivity contribution is 6.09. The minimum atomic E-state index is -0.510. The minimum Gasteiger partial charge on any atom is -0.447 e. The molecule has 150 valence electrons. The number of rotatable bonds is 5. The average molecular weight is 396 g/mol. The Morgan fingerprint density at radius 2 is 1.90 bits per heavy atom. The van der Waals surface area contributed by atoms with Crippen molar-refractivity contribution in [2.75, 3.05) is 41.4 Å². The van der Waals surface area contributed by atoms with Gasteiger partial charge in [-0.2, -0.15) is 0 Å². The second kappa shape index (κ2) is 7.78. The quantitative estimate of drug-likeness (QED) is 0.613. The van der Waals surface area contributed by atoms with E-state index < -0.39 is 16.9 Å². The lowest BCUT2D eigenvalue weighted by Crippen LogP contribution is -2.24. The Balaban J connectivity index is 1.61. The molecule has 9 heteroatoms. The number of non-ortho nitro benzene ring substituents is 1. The van der Waals surface area contributed by atoms with Crippen molar-refractivity contribution >= 4 is 34.7 Å². The van der Waals surface area contributed by atoms with Gasteiger partial charge >= 0.3 is 6.09 Å². The molecule has 2 aromatic rings. The van der Waals surface area contributed by atoms with Crippen LogP contribution in [0.1, 0.15) is 23.2 Å². The van der Waals surface area contributed by atoms with E-state index in [-0.39, 0.29) is 11.3 Å². The number of hydrogen-bond acceptors (Lipinski definition) is 6. The zero-order valence-electron chi connectivity index (χ0n) is 15.7. The number of hydrogen-bond donors (Lipinski definition) is 1. The van der Waals surface area contributed by atoms with Crippen molar-refractivity contribution in [3.8, 4) is 0 Å². The van der Waals surface area contributed by atoms with Crippen molar-refractivity contribution in [2.45, 2.75) is 12.8 Å². The third-order valence-corrected chi connectivity index (χ3v) is 5.06. The summed E-state index contributed by atoms with van der Waals surface area (Å²) in [5.41, 5.74) is 1.92. The Morgan fingerprint density at radius 1 is 1.10 bits per heavy atom. The predicted octanol–water partition coefficient (Wildman–Crippen LogP) is 3.40. The van der Waals surface area contributed by atoms with E-state index in [1.807, 2.05) is 0 Å². The van der Waals surface area contributed by atoms with Gasteiger partial charge < -0.3 is 15.0 Å². The molecule has 2 saturated heterocycles. The lowest BCUT2D eigenvalue weighted by Gasteiger charge is -2.21. The van der Waals surface area contributed by atoms with Crippen molar-refractivity contribution in [1.29, 1.82) is 0 Å². The summed E-state index contributed by atoms with van der Waals surface area (Å²) in [6.45, 7) is 2.39. The van der Waals surface area contributed by atoms with Crippen molar-refractivity contribution in [3.63, 3.8) is 0 Å². The number of ether oxygens (including phenoxy) is 1. The molecule has 1 N–H and O–H groups in total. The molecule has 2 aromatic carbocycles. The van der Waals surface area contributed by atoms with E-state index in [2.05, 4.69) is 10.2 Å². The summed E-state index contributed by atoms with van der Waals surface area (Å²) in [6.07, 6.45) is 1.61. The Morgan fingerprint density at radius 3 is 2.59 bits per heavy atom. The van der Waals surface area contributed by atoms with Gasteiger partial charge in [0.1, 0.15) is 6.61 Å². The summed E-state index contributed by atoms with van der Waals surface area (Å²) < 4.78 is 4.95. The topological polar surface area (TPSA) is 105 Å². The second-order valence-corrected chi connectivity index (χ2v) is 6.92. The van der Waals surface area contributed by atoms with Gasteiger partial charge in [-0.25, -0.2) is 4.79 Å². The Bertz CT molecular complexity index is 971. The van der Waals surface area contributed by atoms with Crippen molar-refractivity contribution in [2.24, 2.45) is 0 Å². The standard InChI is InChI=1S/C20H20N4O5/c25-19(21-14-4-3-5-15(12-14)23-10-11-29-20(23)26)17-13-16(24(27)28)6-7-18(17)22-8-1-2-9-22/h3-7,12-13H,1-2,8-11H2,(H,21,25). The number of anilines is 3. The molecule has 2 aliphatic rings. The summed E-state index contributed by atoms with van der Waals surface area (Å²) in [5, 5.41) is 14.0. The number of nitrogens with zero attached hydrogens (tertiary/aromatic N) is 3. The Hall–Kier alpha value is -3.62. The number of nitro groups is 1. The second-order valence-electron chi connectivity index (χ2n) is 6.92. The highest BCUT2D eigenvalue weighted by Gasteiger charge is 2.25. The molecular weight excluding hydrogens is 376 g/mol. The lowest BCUT2D eigenvalue weighted by atomic mass is 10.1. The Kier molecular flexibility index (Phi) is 5.03. The molecule has 29 heavy (non-hydrogen) atoms. The molecule has 0 spiro atoms. The molecule has 2 amide bonds. The number of nitro benzene ring substituents is 1. The molecule has 2 aliphatic heterocycles. The predicted molar refractivity (Wildman–Crippen MR) is 108 cm³/mol. The summed E-state index contributed by atoms with van der Waals surface area (Å²) in [4.78, 5) is 39.0. The van der Waals surface area contributed by atoms with Crippen LogP contribution in [0.3, 0.4) is 0 Å². The first-order chi connectivity index (χ1) is 14.0. The maximum Gasteiger partial charge on any atom is 0.414 e. The van der Waals surface area contributed by atoms with Crippen LogP contribution >= 0.6 is 0 Å². The van der Waals surface area contributed by atoms with Gasteiger partial charge in [-0.3, -0.25) is 19.8 Å². The fraction of sp³-hybridized carbons (Fsp3) is 0.300. The zero-order chi connectivity index (χ0) is 20.4. The van der Waals surface area contributed by atoms with E-state index in [9.17, 15) is 19.7 Å². The maximum atomic E-state index is 13.0. The molecule has 9 nitrogen and oxygen atoms in total. The SMILES string of the molecule is O=C(Nc1cccc(N2CCOC2=O)c1)c1cc([N+](=O)[O-])ccc1N1CCCC1. The molecule has 0 atom stereocenters. The van der Waals surface area contributed by atoms with Crippen LogP contribution < -0.4 is 15.1 Å². The van der Waals surface area contributed by atoms with Crippen molar-refractivity contribution in [3.05, 3.63) is 58.1 Å². The molecule has 0 radical (unpaired) electrons. The number of carbonyl (C=O) groups is 2. The monoisotopic (exact) mass is 396 g/mol. The van der Waals surface area contributed by atoms with Crippen LogP contribution in [0.25, 0.3) is 0 Å². The van der Waals surface area contributed by atoms with Gasteiger partial charge in [0.25, 0.3) is 11.6 Å². The van der Waals surface area contributed by atoms with E-state index in [1.54, 1.807) is 30.3 Å². The van der Waals surface area contributed by atoms with Gasteiger partial charge in [0.05, 0.1) is 22.7 Å². The molecule has 0 aliphatic carbocycles. The largest absolute Gasteiger partial charge is 0.447 e. The highest BCUT2D eigenvalue weighted by Crippen LogP contribution is 2.30. The third-order valence-electron chi connectivity index (χ3n) is 5.06. The number of benzene rings is 2. The minimum absolute atomic E-state index is 0.133.